The van der Waals surface area contributed by atoms with E-state index < -0.39 is 6.09 Å². The molecule has 7 nitrogen and oxygen atoms in total. The van der Waals surface area contributed by atoms with E-state index in [1.807, 2.05) is 13.8 Å². The van der Waals surface area contributed by atoms with Gasteiger partial charge in [0.25, 0.3) is 0 Å². The van der Waals surface area contributed by atoms with E-state index in [-0.39, 0.29) is 25.0 Å². The van der Waals surface area contributed by atoms with E-state index in [1.165, 1.54) is 0 Å². The first-order chi connectivity index (χ1) is 11.4. The number of rotatable bonds is 8. The maximum absolute atomic E-state index is 11.7. The molecule has 1 atom stereocenters. The number of ether oxygens (including phenoxy) is 2. The molecule has 0 aliphatic heterocycles. The van der Waals surface area contributed by atoms with E-state index in [0.29, 0.717) is 5.71 Å². The molecule has 0 aliphatic carbocycles. The minimum absolute atomic E-state index is 0.118. The Morgan fingerprint density at radius 1 is 1.25 bits per heavy atom. The largest absolute Gasteiger partial charge is 0.497 e. The van der Waals surface area contributed by atoms with Crippen molar-refractivity contribution in [3.63, 3.8) is 0 Å². The summed E-state index contributed by atoms with van der Waals surface area (Å²) in [6, 6.07) is 7.30. The van der Waals surface area contributed by atoms with Crippen LogP contribution >= 0.6 is 0 Å². The molecule has 0 fully saturated rings. The minimum Gasteiger partial charge on any atom is -0.497 e. The highest BCUT2D eigenvalue weighted by Gasteiger charge is 2.08. The van der Waals surface area contributed by atoms with Crippen LogP contribution < -0.4 is 15.5 Å². The van der Waals surface area contributed by atoms with Gasteiger partial charge < -0.3 is 14.8 Å². The summed E-state index contributed by atoms with van der Waals surface area (Å²) in [6.45, 7) is 5.71. The van der Waals surface area contributed by atoms with Crippen LogP contribution in [0.15, 0.2) is 29.4 Å². The molecule has 0 radical (unpaired) electrons. The molecule has 1 aromatic rings. The van der Waals surface area contributed by atoms with Crippen molar-refractivity contribution in [2.45, 2.75) is 46.3 Å². The van der Waals surface area contributed by atoms with Crippen LogP contribution in [0.1, 0.15) is 39.2 Å². The van der Waals surface area contributed by atoms with Gasteiger partial charge in [0.05, 0.1) is 13.5 Å². The van der Waals surface area contributed by atoms with Crippen molar-refractivity contribution >= 4 is 17.7 Å². The lowest BCUT2D eigenvalue weighted by atomic mass is 10.2. The first kappa shape index (κ1) is 19.5. The SMILES string of the molecule is CC[C@@H](C)NC(=O)C/C(C)=N\NC(=O)OCc1ccc(OC)cc1. The van der Waals surface area contributed by atoms with Gasteiger partial charge in [-0.15, -0.1) is 0 Å². The quantitative estimate of drug-likeness (QED) is 0.564. The molecule has 0 saturated carbocycles. The molecule has 0 aromatic heterocycles. The molecule has 1 aromatic carbocycles. The highest BCUT2D eigenvalue weighted by molar-refractivity contribution is 6.00. The number of methoxy groups -OCH3 is 1. The topological polar surface area (TPSA) is 89.0 Å². The van der Waals surface area contributed by atoms with E-state index in [2.05, 4.69) is 15.8 Å². The first-order valence-electron chi connectivity index (χ1n) is 7.82. The van der Waals surface area contributed by atoms with Gasteiger partial charge in [-0.2, -0.15) is 5.10 Å². The zero-order valence-corrected chi connectivity index (χ0v) is 14.6. The van der Waals surface area contributed by atoms with E-state index in [9.17, 15) is 9.59 Å². The second kappa shape index (κ2) is 10.3. The van der Waals surface area contributed by atoms with Gasteiger partial charge in [-0.05, 0) is 38.0 Å². The lowest BCUT2D eigenvalue weighted by Crippen LogP contribution is -2.33. The predicted octanol–water partition coefficient (Wildman–Crippen LogP) is 2.60. The summed E-state index contributed by atoms with van der Waals surface area (Å²) in [7, 11) is 1.59. The monoisotopic (exact) mass is 335 g/mol. The third-order valence-electron chi connectivity index (χ3n) is 3.30. The van der Waals surface area contributed by atoms with E-state index in [0.717, 1.165) is 17.7 Å². The van der Waals surface area contributed by atoms with Crippen LogP contribution in [0, 0.1) is 0 Å². The molecule has 0 spiro atoms. The third-order valence-corrected chi connectivity index (χ3v) is 3.30. The van der Waals surface area contributed by atoms with Crippen molar-refractivity contribution in [2.24, 2.45) is 5.10 Å². The van der Waals surface area contributed by atoms with Crippen LogP contribution in [-0.2, 0) is 16.1 Å². The number of hydrogen-bond acceptors (Lipinski definition) is 5. The fraction of sp³-hybridized carbons (Fsp3) is 0.471. The smallest absolute Gasteiger partial charge is 0.428 e. The van der Waals surface area contributed by atoms with Crippen molar-refractivity contribution in [3.05, 3.63) is 29.8 Å². The lowest BCUT2D eigenvalue weighted by Gasteiger charge is -2.11. The summed E-state index contributed by atoms with van der Waals surface area (Å²) in [4.78, 5) is 23.3. The number of nitrogens with one attached hydrogen (secondary N) is 2. The molecule has 0 bridgehead atoms. The Morgan fingerprint density at radius 3 is 2.50 bits per heavy atom. The molecule has 2 amide bonds. The summed E-state index contributed by atoms with van der Waals surface area (Å²) < 4.78 is 10.1. The summed E-state index contributed by atoms with van der Waals surface area (Å²) in [5, 5.41) is 6.68. The van der Waals surface area contributed by atoms with Gasteiger partial charge in [-0.3, -0.25) is 4.79 Å². The molecular formula is C17H25N3O4. The maximum Gasteiger partial charge on any atom is 0.428 e. The molecular weight excluding hydrogens is 310 g/mol. The molecule has 0 saturated heterocycles. The summed E-state index contributed by atoms with van der Waals surface area (Å²) in [5.41, 5.74) is 3.60. The zero-order chi connectivity index (χ0) is 17.9. The minimum atomic E-state index is -0.674. The molecule has 132 valence electrons. The summed E-state index contributed by atoms with van der Waals surface area (Å²) in [6.07, 6.45) is 0.313. The van der Waals surface area contributed by atoms with Gasteiger partial charge in [0, 0.05) is 11.8 Å². The fourth-order valence-electron chi connectivity index (χ4n) is 1.74. The molecule has 1 rings (SSSR count). The second-order valence-electron chi connectivity index (χ2n) is 5.44. The Morgan fingerprint density at radius 2 is 1.92 bits per heavy atom. The average Bonchev–Trinajstić information content (AvgIpc) is 2.58. The van der Waals surface area contributed by atoms with E-state index in [1.54, 1.807) is 38.3 Å². The highest BCUT2D eigenvalue weighted by Crippen LogP contribution is 2.11. The van der Waals surface area contributed by atoms with Gasteiger partial charge in [0.2, 0.25) is 5.91 Å². The number of carbonyl (C=O) groups excluding carboxylic acids is 2. The Balaban J connectivity index is 2.34. The van der Waals surface area contributed by atoms with Gasteiger partial charge in [-0.1, -0.05) is 19.1 Å². The normalized spacial score (nSPS) is 12.2. The van der Waals surface area contributed by atoms with Crippen molar-refractivity contribution in [2.75, 3.05) is 7.11 Å². The van der Waals surface area contributed by atoms with Gasteiger partial charge in [0.1, 0.15) is 12.4 Å². The van der Waals surface area contributed by atoms with Crippen molar-refractivity contribution in [1.29, 1.82) is 0 Å². The van der Waals surface area contributed by atoms with Gasteiger partial charge in [-0.25, -0.2) is 10.2 Å². The van der Waals surface area contributed by atoms with Crippen LogP contribution in [0.3, 0.4) is 0 Å². The van der Waals surface area contributed by atoms with E-state index >= 15 is 0 Å². The number of amides is 2. The predicted molar refractivity (Wildman–Crippen MR) is 91.9 cm³/mol. The van der Waals surface area contributed by atoms with Crippen molar-refractivity contribution in [3.8, 4) is 5.75 Å². The molecule has 0 unspecified atom stereocenters. The number of hydrogen-bond donors (Lipinski definition) is 2. The van der Waals surface area contributed by atoms with Gasteiger partial charge in [0.15, 0.2) is 0 Å². The molecule has 2 N–H and O–H groups in total. The maximum atomic E-state index is 11.7. The van der Waals surface area contributed by atoms with Crippen molar-refractivity contribution < 1.29 is 19.1 Å². The number of carbonyl (C=O) groups is 2. The lowest BCUT2D eigenvalue weighted by molar-refractivity contribution is -0.120. The number of benzene rings is 1. The van der Waals surface area contributed by atoms with Gasteiger partial charge >= 0.3 is 6.09 Å². The van der Waals surface area contributed by atoms with Crippen LogP contribution in [0.2, 0.25) is 0 Å². The zero-order valence-electron chi connectivity index (χ0n) is 14.6. The van der Waals surface area contributed by atoms with Crippen molar-refractivity contribution in [1.82, 2.24) is 10.7 Å². The van der Waals surface area contributed by atoms with E-state index in [4.69, 9.17) is 9.47 Å². The molecule has 24 heavy (non-hydrogen) atoms. The first-order valence-corrected chi connectivity index (χ1v) is 7.82. The van der Waals surface area contributed by atoms with Crippen LogP contribution in [0.4, 0.5) is 4.79 Å². The standard InChI is InChI=1S/C17H25N3O4/c1-5-12(2)18-16(21)10-13(3)19-20-17(22)24-11-14-6-8-15(23-4)9-7-14/h6-9,12H,5,10-11H2,1-4H3,(H,18,21)(H,20,22)/b19-13-/t12-/m1/s1. The Bertz CT molecular complexity index is 570. The molecule has 0 aliphatic rings. The number of nitrogens with zero attached hydrogens (tertiary/aromatic N) is 1. The fourth-order valence-corrected chi connectivity index (χ4v) is 1.74. The molecule has 7 heteroatoms. The summed E-state index contributed by atoms with van der Waals surface area (Å²) >= 11 is 0. The third kappa shape index (κ3) is 7.62. The summed E-state index contributed by atoms with van der Waals surface area (Å²) in [5.74, 6) is 0.609. The van der Waals surface area contributed by atoms with Crippen LogP contribution in [-0.4, -0.2) is 30.9 Å². The Hall–Kier alpha value is -2.57. The average molecular weight is 335 g/mol. The second-order valence-corrected chi connectivity index (χ2v) is 5.44. The molecule has 0 heterocycles. The highest BCUT2D eigenvalue weighted by atomic mass is 16.6. The van der Waals surface area contributed by atoms with Crippen LogP contribution in [0.5, 0.6) is 5.75 Å². The Labute approximate surface area is 142 Å². The number of hydrazone groups is 1. The van der Waals surface area contributed by atoms with Crippen LogP contribution in [0.25, 0.3) is 0 Å². The Kier molecular flexibility index (Phi) is 8.32.